The van der Waals surface area contributed by atoms with Crippen LogP contribution in [-0.2, 0) is 10.2 Å². The second kappa shape index (κ2) is 6.75. The van der Waals surface area contributed by atoms with Gasteiger partial charge < -0.3 is 10.6 Å². The molecule has 2 aliphatic carbocycles. The van der Waals surface area contributed by atoms with Gasteiger partial charge in [0, 0.05) is 18.2 Å². The summed E-state index contributed by atoms with van der Waals surface area (Å²) >= 11 is 0. The number of hydrogen-bond donors (Lipinski definition) is 1. The van der Waals surface area contributed by atoms with Crippen LogP contribution in [-0.4, -0.2) is 12.5 Å². The summed E-state index contributed by atoms with van der Waals surface area (Å²) in [4.78, 5) is 15.8. The van der Waals surface area contributed by atoms with E-state index in [9.17, 15) is 20.6 Å². The smallest absolute Gasteiger partial charge is 0.243 e. The van der Waals surface area contributed by atoms with Crippen LogP contribution < -0.4 is 10.6 Å². The van der Waals surface area contributed by atoms with Crippen LogP contribution in [0.25, 0.3) is 0 Å². The number of allylic oxidation sites excluding steroid dienone is 2. The average Bonchev–Trinajstić information content (AvgIpc) is 3.00. The molecular weight excluding hydrogens is 374 g/mol. The van der Waals surface area contributed by atoms with E-state index in [0.29, 0.717) is 25.0 Å². The highest BCUT2D eigenvalue weighted by molar-refractivity contribution is 6.12. The van der Waals surface area contributed by atoms with Crippen molar-refractivity contribution in [2.24, 2.45) is 23.0 Å². The first-order valence-corrected chi connectivity index (χ1v) is 10.3. The number of fused-ring (bicyclic) bond motifs is 4. The molecule has 3 aliphatic rings. The Morgan fingerprint density at radius 2 is 1.93 bits per heavy atom. The SMILES string of the molecule is CCCN1C(=O)[C@]2(C(C#N)=C(N)C(C#N)(C#N)C3=CC[C@H](C)C[C@@H]32)c2ccccc21. The molecule has 1 aromatic carbocycles. The van der Waals surface area contributed by atoms with Gasteiger partial charge in [0.25, 0.3) is 0 Å². The lowest BCUT2D eigenvalue weighted by Gasteiger charge is -2.48. The number of amides is 1. The summed E-state index contributed by atoms with van der Waals surface area (Å²) in [7, 11) is 0. The number of anilines is 1. The molecule has 0 bridgehead atoms. The van der Waals surface area contributed by atoms with Crippen LogP contribution in [0.4, 0.5) is 5.69 Å². The highest BCUT2D eigenvalue weighted by Crippen LogP contribution is 2.62. The zero-order valence-corrected chi connectivity index (χ0v) is 17.1. The zero-order valence-electron chi connectivity index (χ0n) is 17.1. The lowest BCUT2D eigenvalue weighted by Crippen LogP contribution is -2.55. The fraction of sp³-hybridized carbons (Fsp3) is 0.417. The second-order valence-electron chi connectivity index (χ2n) is 8.44. The molecule has 1 amide bonds. The molecule has 0 saturated heterocycles. The summed E-state index contributed by atoms with van der Waals surface area (Å²) in [6, 6.07) is 13.9. The van der Waals surface area contributed by atoms with Crippen molar-refractivity contribution in [1.82, 2.24) is 0 Å². The van der Waals surface area contributed by atoms with Gasteiger partial charge in [0.2, 0.25) is 11.3 Å². The minimum absolute atomic E-state index is 0.0536. The number of carbonyl (C=O) groups excluding carboxylic acids is 1. The van der Waals surface area contributed by atoms with E-state index in [-0.39, 0.29) is 23.1 Å². The quantitative estimate of drug-likeness (QED) is 0.767. The summed E-state index contributed by atoms with van der Waals surface area (Å²) in [6.45, 7) is 4.62. The Bertz CT molecular complexity index is 1110. The van der Waals surface area contributed by atoms with Gasteiger partial charge in [-0.25, -0.2) is 0 Å². The van der Waals surface area contributed by atoms with Crippen molar-refractivity contribution in [2.75, 3.05) is 11.4 Å². The maximum Gasteiger partial charge on any atom is 0.243 e. The maximum atomic E-state index is 14.1. The predicted molar refractivity (Wildman–Crippen MR) is 111 cm³/mol. The van der Waals surface area contributed by atoms with Crippen molar-refractivity contribution in [2.45, 2.75) is 38.5 Å². The van der Waals surface area contributed by atoms with Gasteiger partial charge in [0.1, 0.15) is 5.41 Å². The van der Waals surface area contributed by atoms with Crippen molar-refractivity contribution in [1.29, 1.82) is 15.8 Å². The summed E-state index contributed by atoms with van der Waals surface area (Å²) in [6.07, 6.45) is 3.99. The molecule has 4 rings (SSSR count). The molecule has 30 heavy (non-hydrogen) atoms. The van der Waals surface area contributed by atoms with E-state index >= 15 is 0 Å². The highest BCUT2D eigenvalue weighted by Gasteiger charge is 2.66. The Hall–Kier alpha value is -3.56. The molecule has 1 aromatic rings. The van der Waals surface area contributed by atoms with E-state index in [1.54, 1.807) is 4.90 Å². The van der Waals surface area contributed by atoms with Crippen LogP contribution in [0.1, 0.15) is 38.7 Å². The molecule has 0 fully saturated rings. The lowest BCUT2D eigenvalue weighted by molar-refractivity contribution is -0.123. The number of para-hydroxylation sites is 1. The van der Waals surface area contributed by atoms with Crippen LogP contribution in [0.5, 0.6) is 0 Å². The fourth-order valence-corrected chi connectivity index (χ4v) is 5.58. The number of nitrogens with zero attached hydrogens (tertiary/aromatic N) is 4. The van der Waals surface area contributed by atoms with Crippen LogP contribution in [0.15, 0.2) is 47.2 Å². The Morgan fingerprint density at radius 3 is 2.57 bits per heavy atom. The van der Waals surface area contributed by atoms with Crippen molar-refractivity contribution >= 4 is 11.6 Å². The Morgan fingerprint density at radius 1 is 1.23 bits per heavy atom. The zero-order chi connectivity index (χ0) is 21.7. The molecule has 3 atom stereocenters. The van der Waals surface area contributed by atoms with Gasteiger partial charge in [-0.15, -0.1) is 0 Å². The van der Waals surface area contributed by atoms with Crippen molar-refractivity contribution < 1.29 is 4.79 Å². The third-order valence-corrected chi connectivity index (χ3v) is 6.87. The van der Waals surface area contributed by atoms with Gasteiger partial charge >= 0.3 is 0 Å². The Balaban J connectivity index is 2.16. The van der Waals surface area contributed by atoms with E-state index in [0.717, 1.165) is 17.7 Å². The van der Waals surface area contributed by atoms with Gasteiger partial charge in [0.05, 0.1) is 29.5 Å². The van der Waals surface area contributed by atoms with Crippen LogP contribution >= 0.6 is 0 Å². The predicted octanol–water partition coefficient (Wildman–Crippen LogP) is 3.44. The number of rotatable bonds is 2. The van der Waals surface area contributed by atoms with Crippen molar-refractivity contribution in [3.63, 3.8) is 0 Å². The first-order chi connectivity index (χ1) is 14.4. The third kappa shape index (κ3) is 2.13. The molecular formula is C24H23N5O. The largest absolute Gasteiger partial charge is 0.399 e. The minimum Gasteiger partial charge on any atom is -0.399 e. The first-order valence-electron chi connectivity index (χ1n) is 10.3. The van der Waals surface area contributed by atoms with E-state index < -0.39 is 16.7 Å². The molecule has 0 saturated carbocycles. The molecule has 6 nitrogen and oxygen atoms in total. The van der Waals surface area contributed by atoms with E-state index in [1.807, 2.05) is 37.3 Å². The molecule has 0 radical (unpaired) electrons. The summed E-state index contributed by atoms with van der Waals surface area (Å²) in [5.74, 6) is -0.386. The average molecular weight is 397 g/mol. The molecule has 0 unspecified atom stereocenters. The summed E-state index contributed by atoms with van der Waals surface area (Å²) in [5.41, 5.74) is 5.47. The third-order valence-electron chi connectivity index (χ3n) is 6.87. The number of nitriles is 3. The van der Waals surface area contributed by atoms with Crippen molar-refractivity contribution in [3.05, 3.63) is 52.7 Å². The van der Waals surface area contributed by atoms with Crippen LogP contribution in [0, 0.1) is 51.2 Å². The number of benzene rings is 1. The van der Waals surface area contributed by atoms with E-state index in [1.165, 1.54) is 0 Å². The number of hydrogen-bond acceptors (Lipinski definition) is 5. The summed E-state index contributed by atoms with van der Waals surface area (Å²) < 4.78 is 0. The van der Waals surface area contributed by atoms with Crippen LogP contribution in [0.2, 0.25) is 0 Å². The molecule has 150 valence electrons. The summed E-state index contributed by atoms with van der Waals surface area (Å²) in [5, 5.41) is 30.3. The molecule has 1 aliphatic heterocycles. The number of nitrogens with two attached hydrogens (primary N) is 1. The molecule has 1 heterocycles. The van der Waals surface area contributed by atoms with Gasteiger partial charge in [-0.05, 0) is 42.4 Å². The topological polar surface area (TPSA) is 118 Å². The van der Waals surface area contributed by atoms with E-state index in [4.69, 9.17) is 5.73 Å². The molecule has 6 heteroatoms. The first kappa shape index (κ1) is 19.7. The Kier molecular flexibility index (Phi) is 4.44. The van der Waals surface area contributed by atoms with Crippen molar-refractivity contribution in [3.8, 4) is 18.2 Å². The number of carbonyl (C=O) groups is 1. The lowest BCUT2D eigenvalue weighted by atomic mass is 9.50. The minimum atomic E-state index is -1.71. The van der Waals surface area contributed by atoms with Gasteiger partial charge in [-0.3, -0.25) is 4.79 Å². The molecule has 1 spiro atoms. The molecule has 2 N–H and O–H groups in total. The highest BCUT2D eigenvalue weighted by atomic mass is 16.2. The van der Waals surface area contributed by atoms with Gasteiger partial charge in [-0.1, -0.05) is 38.1 Å². The standard InChI is InChI=1S/C24H23N5O/c1-3-10-29-20-7-5-4-6-17(20)24(22(29)30)18-11-15(2)8-9-16(18)23(13-26,14-27)21(28)19(24)12-25/h4-7,9,15,18H,3,8,10-11,28H2,1-2H3/t15-,18-,24+/m0/s1. The Labute approximate surface area is 176 Å². The second-order valence-corrected chi connectivity index (χ2v) is 8.44. The maximum absolute atomic E-state index is 14.1. The van der Waals surface area contributed by atoms with Crippen LogP contribution in [0.3, 0.4) is 0 Å². The normalized spacial score (nSPS) is 28.8. The van der Waals surface area contributed by atoms with Gasteiger partial charge in [-0.2, -0.15) is 15.8 Å². The monoisotopic (exact) mass is 397 g/mol. The molecule has 0 aromatic heterocycles. The van der Waals surface area contributed by atoms with E-state index in [2.05, 4.69) is 25.1 Å². The fourth-order valence-electron chi connectivity index (χ4n) is 5.58. The van der Waals surface area contributed by atoms with Gasteiger partial charge in [0.15, 0.2) is 0 Å².